The smallest absolute Gasteiger partial charge is 0.248 e. The summed E-state index contributed by atoms with van der Waals surface area (Å²) in [5, 5.41) is 5.52. The highest BCUT2D eigenvalue weighted by molar-refractivity contribution is 5.80. The van der Waals surface area contributed by atoms with Gasteiger partial charge in [-0.2, -0.15) is 5.10 Å². The number of benzene rings is 1. The Morgan fingerprint density at radius 3 is 2.90 bits per heavy atom. The van der Waals surface area contributed by atoms with Crippen molar-refractivity contribution in [3.05, 3.63) is 52.4 Å². The van der Waals surface area contributed by atoms with E-state index in [1.165, 1.54) is 6.07 Å². The number of aromatic nitrogens is 3. The fourth-order valence-electron chi connectivity index (χ4n) is 2.41. The second kappa shape index (κ2) is 5.44. The fourth-order valence-corrected chi connectivity index (χ4v) is 2.41. The number of unbranched alkanes of at least 4 members (excludes halogenated alkanes) is 1. The van der Waals surface area contributed by atoms with Crippen molar-refractivity contribution >= 4 is 16.7 Å². The van der Waals surface area contributed by atoms with Gasteiger partial charge in [-0.1, -0.05) is 13.3 Å². The number of pyridine rings is 1. The molecule has 0 bridgehead atoms. The zero-order valence-electron chi connectivity index (χ0n) is 12.0. The summed E-state index contributed by atoms with van der Waals surface area (Å²) in [6, 6.07) is 11.0. The van der Waals surface area contributed by atoms with E-state index in [2.05, 4.69) is 17.0 Å². The van der Waals surface area contributed by atoms with Crippen LogP contribution in [0.3, 0.4) is 0 Å². The summed E-state index contributed by atoms with van der Waals surface area (Å²) in [7, 11) is 0. The molecule has 0 spiro atoms. The van der Waals surface area contributed by atoms with E-state index >= 15 is 0 Å². The van der Waals surface area contributed by atoms with Gasteiger partial charge in [0.2, 0.25) is 5.56 Å². The van der Waals surface area contributed by atoms with Crippen molar-refractivity contribution < 1.29 is 0 Å². The molecule has 2 heterocycles. The van der Waals surface area contributed by atoms with Gasteiger partial charge in [0.15, 0.2) is 0 Å². The summed E-state index contributed by atoms with van der Waals surface area (Å²) < 4.78 is 1.75. The zero-order valence-corrected chi connectivity index (χ0v) is 12.0. The van der Waals surface area contributed by atoms with E-state index in [1.807, 2.05) is 24.3 Å². The van der Waals surface area contributed by atoms with Gasteiger partial charge < -0.3 is 10.7 Å². The minimum absolute atomic E-state index is 0.101. The van der Waals surface area contributed by atoms with Gasteiger partial charge in [-0.05, 0) is 37.1 Å². The Kier molecular flexibility index (Phi) is 3.48. The number of H-pyrrole nitrogens is 1. The van der Waals surface area contributed by atoms with Crippen LogP contribution in [0.1, 0.15) is 25.5 Å². The predicted molar refractivity (Wildman–Crippen MR) is 84.7 cm³/mol. The Labute approximate surface area is 122 Å². The number of nitrogens with two attached hydrogens (primary N) is 1. The van der Waals surface area contributed by atoms with Gasteiger partial charge in [-0.3, -0.25) is 4.79 Å². The van der Waals surface area contributed by atoms with Crippen LogP contribution in [0.2, 0.25) is 0 Å². The van der Waals surface area contributed by atoms with Crippen LogP contribution in [0.15, 0.2) is 41.2 Å². The maximum absolute atomic E-state index is 11.3. The number of aromatic amines is 1. The predicted octanol–water partition coefficient (Wildman–Crippen LogP) is 2.64. The molecule has 3 aromatic rings. The topological polar surface area (TPSA) is 76.7 Å². The lowest BCUT2D eigenvalue weighted by molar-refractivity contribution is 0.754. The zero-order chi connectivity index (χ0) is 14.8. The maximum atomic E-state index is 11.3. The van der Waals surface area contributed by atoms with E-state index in [9.17, 15) is 4.79 Å². The molecular weight excluding hydrogens is 264 g/mol. The Bertz CT molecular complexity index is 832. The SMILES string of the molecule is CCCCc1cc(N)n(-c2ccc3[nH]c(=O)ccc3c2)n1. The van der Waals surface area contributed by atoms with Crippen molar-refractivity contribution in [1.82, 2.24) is 14.8 Å². The number of nitrogens with one attached hydrogen (secondary N) is 1. The summed E-state index contributed by atoms with van der Waals surface area (Å²) >= 11 is 0. The van der Waals surface area contributed by atoms with Crippen LogP contribution in [0, 0.1) is 0 Å². The lowest BCUT2D eigenvalue weighted by Gasteiger charge is -2.05. The number of aryl methyl sites for hydroxylation is 1. The van der Waals surface area contributed by atoms with Gasteiger partial charge in [0.25, 0.3) is 0 Å². The molecule has 0 aliphatic carbocycles. The van der Waals surface area contributed by atoms with Gasteiger partial charge in [-0.15, -0.1) is 0 Å². The van der Waals surface area contributed by atoms with Gasteiger partial charge in [0.1, 0.15) is 5.82 Å². The van der Waals surface area contributed by atoms with Gasteiger partial charge in [0, 0.05) is 23.0 Å². The minimum Gasteiger partial charge on any atom is -0.384 e. The number of nitrogen functional groups attached to an aromatic ring is 1. The average molecular weight is 282 g/mol. The molecule has 0 aliphatic rings. The Hall–Kier alpha value is -2.56. The monoisotopic (exact) mass is 282 g/mol. The van der Waals surface area contributed by atoms with Gasteiger partial charge >= 0.3 is 0 Å². The molecule has 0 saturated carbocycles. The number of fused-ring (bicyclic) bond motifs is 1. The molecule has 1 aromatic carbocycles. The molecule has 0 unspecified atom stereocenters. The number of hydrogen-bond donors (Lipinski definition) is 2. The Balaban J connectivity index is 2.01. The first-order chi connectivity index (χ1) is 10.2. The van der Waals surface area contributed by atoms with Crippen molar-refractivity contribution in [1.29, 1.82) is 0 Å². The van der Waals surface area contributed by atoms with Crippen LogP contribution in [0.4, 0.5) is 5.82 Å². The third-order valence-corrected chi connectivity index (χ3v) is 3.53. The van der Waals surface area contributed by atoms with Crippen molar-refractivity contribution in [2.24, 2.45) is 0 Å². The number of rotatable bonds is 4. The van der Waals surface area contributed by atoms with Crippen LogP contribution in [0.25, 0.3) is 16.6 Å². The first kappa shape index (κ1) is 13.4. The van der Waals surface area contributed by atoms with Crippen LogP contribution in [-0.4, -0.2) is 14.8 Å². The van der Waals surface area contributed by atoms with Crippen LogP contribution in [-0.2, 0) is 6.42 Å². The molecule has 0 radical (unpaired) electrons. The second-order valence-electron chi connectivity index (χ2n) is 5.17. The highest BCUT2D eigenvalue weighted by Crippen LogP contribution is 2.19. The number of hydrogen-bond acceptors (Lipinski definition) is 3. The van der Waals surface area contributed by atoms with Gasteiger partial charge in [-0.25, -0.2) is 4.68 Å². The number of anilines is 1. The highest BCUT2D eigenvalue weighted by Gasteiger charge is 2.07. The van der Waals surface area contributed by atoms with E-state index in [0.29, 0.717) is 5.82 Å². The lowest BCUT2D eigenvalue weighted by Crippen LogP contribution is -2.04. The summed E-state index contributed by atoms with van der Waals surface area (Å²) in [6.07, 6.45) is 3.18. The van der Waals surface area contributed by atoms with Crippen molar-refractivity contribution in [3.63, 3.8) is 0 Å². The van der Waals surface area contributed by atoms with Crippen molar-refractivity contribution in [2.45, 2.75) is 26.2 Å². The fraction of sp³-hybridized carbons (Fsp3) is 0.250. The summed E-state index contributed by atoms with van der Waals surface area (Å²) in [5.74, 6) is 0.630. The molecular formula is C16H18N4O. The third-order valence-electron chi connectivity index (χ3n) is 3.53. The normalized spacial score (nSPS) is 11.1. The summed E-state index contributed by atoms with van der Waals surface area (Å²) in [5.41, 5.74) is 8.67. The van der Waals surface area contributed by atoms with E-state index < -0.39 is 0 Å². The molecule has 0 fully saturated rings. The molecule has 0 amide bonds. The average Bonchev–Trinajstić information content (AvgIpc) is 2.85. The van der Waals surface area contributed by atoms with Crippen LogP contribution >= 0.6 is 0 Å². The standard InChI is InChI=1S/C16H18N4O/c1-2-3-4-12-10-15(17)20(19-12)13-6-7-14-11(9-13)5-8-16(21)18-14/h5-10H,2-4,17H2,1H3,(H,18,21). The van der Waals surface area contributed by atoms with E-state index in [1.54, 1.807) is 10.7 Å². The summed E-state index contributed by atoms with van der Waals surface area (Å²) in [4.78, 5) is 14.1. The highest BCUT2D eigenvalue weighted by atomic mass is 16.1. The molecule has 0 atom stereocenters. The lowest BCUT2D eigenvalue weighted by atomic mass is 10.2. The Morgan fingerprint density at radius 2 is 2.10 bits per heavy atom. The van der Waals surface area contributed by atoms with E-state index in [0.717, 1.165) is 41.5 Å². The molecule has 0 saturated heterocycles. The molecule has 108 valence electrons. The van der Waals surface area contributed by atoms with Gasteiger partial charge in [0.05, 0.1) is 11.4 Å². The minimum atomic E-state index is -0.101. The second-order valence-corrected chi connectivity index (χ2v) is 5.17. The third kappa shape index (κ3) is 2.67. The molecule has 5 nitrogen and oxygen atoms in total. The molecule has 2 aromatic heterocycles. The maximum Gasteiger partial charge on any atom is 0.248 e. The molecule has 3 N–H and O–H groups in total. The van der Waals surface area contributed by atoms with Crippen LogP contribution < -0.4 is 11.3 Å². The molecule has 3 rings (SSSR count). The van der Waals surface area contributed by atoms with Crippen LogP contribution in [0.5, 0.6) is 0 Å². The molecule has 0 aliphatic heterocycles. The Morgan fingerprint density at radius 1 is 1.24 bits per heavy atom. The molecule has 21 heavy (non-hydrogen) atoms. The van der Waals surface area contributed by atoms with E-state index in [-0.39, 0.29) is 5.56 Å². The van der Waals surface area contributed by atoms with Crippen molar-refractivity contribution in [2.75, 3.05) is 5.73 Å². The quantitative estimate of drug-likeness (QED) is 0.772. The first-order valence-corrected chi connectivity index (χ1v) is 7.15. The van der Waals surface area contributed by atoms with Crippen molar-refractivity contribution in [3.8, 4) is 5.69 Å². The largest absolute Gasteiger partial charge is 0.384 e. The summed E-state index contributed by atoms with van der Waals surface area (Å²) in [6.45, 7) is 2.16. The number of nitrogens with zero attached hydrogens (tertiary/aromatic N) is 2. The van der Waals surface area contributed by atoms with E-state index in [4.69, 9.17) is 5.73 Å². The molecule has 5 heteroatoms. The first-order valence-electron chi connectivity index (χ1n) is 7.15.